The van der Waals surface area contributed by atoms with Gasteiger partial charge in [0, 0.05) is 31.7 Å². The van der Waals surface area contributed by atoms with E-state index in [4.69, 9.17) is 12.6 Å². The number of nitrogens with zero attached hydrogens (tertiary/aromatic N) is 3. The standard InChI is InChI=1S/C15H17BFN3O/c16-15-14(12-1-3-13(17)4-2-12)18-11-20(15)6-5-19-7-9-21-10-8-19/h1-4,11H,5-10H2. The number of benzene rings is 1. The summed E-state index contributed by atoms with van der Waals surface area (Å²) < 4.78 is 20.2. The van der Waals surface area contributed by atoms with Crippen molar-refractivity contribution in [2.45, 2.75) is 6.54 Å². The summed E-state index contributed by atoms with van der Waals surface area (Å²) in [6, 6.07) is 6.23. The molecule has 2 radical (unpaired) electrons. The molecule has 4 nitrogen and oxygen atoms in total. The van der Waals surface area contributed by atoms with Crippen LogP contribution in [-0.4, -0.2) is 55.1 Å². The van der Waals surface area contributed by atoms with Crippen LogP contribution in [0.15, 0.2) is 30.6 Å². The highest BCUT2D eigenvalue weighted by molar-refractivity contribution is 6.34. The van der Waals surface area contributed by atoms with E-state index in [0.29, 0.717) is 11.3 Å². The van der Waals surface area contributed by atoms with Crippen LogP contribution in [0.5, 0.6) is 0 Å². The molecule has 0 bridgehead atoms. The maximum Gasteiger partial charge on any atom is 0.141 e. The topological polar surface area (TPSA) is 30.3 Å². The van der Waals surface area contributed by atoms with Crippen molar-refractivity contribution in [3.05, 3.63) is 36.4 Å². The molecule has 2 aromatic rings. The maximum atomic E-state index is 13.0. The molecule has 0 N–H and O–H groups in total. The third-order valence-corrected chi connectivity index (χ3v) is 3.76. The van der Waals surface area contributed by atoms with Gasteiger partial charge >= 0.3 is 0 Å². The van der Waals surface area contributed by atoms with Crippen molar-refractivity contribution in [2.24, 2.45) is 0 Å². The third-order valence-electron chi connectivity index (χ3n) is 3.76. The van der Waals surface area contributed by atoms with Crippen LogP contribution in [0.3, 0.4) is 0 Å². The van der Waals surface area contributed by atoms with Crippen LogP contribution in [0, 0.1) is 5.82 Å². The molecule has 21 heavy (non-hydrogen) atoms. The molecular formula is C15H17BFN3O. The number of hydrogen-bond acceptors (Lipinski definition) is 3. The van der Waals surface area contributed by atoms with E-state index in [1.165, 1.54) is 12.1 Å². The van der Waals surface area contributed by atoms with Crippen molar-refractivity contribution in [1.29, 1.82) is 0 Å². The van der Waals surface area contributed by atoms with Crippen molar-refractivity contribution in [1.82, 2.24) is 14.5 Å². The van der Waals surface area contributed by atoms with Crippen molar-refractivity contribution >= 4 is 13.4 Å². The molecule has 1 aliphatic heterocycles. The molecule has 6 heteroatoms. The van der Waals surface area contributed by atoms with Gasteiger partial charge < -0.3 is 9.30 Å². The summed E-state index contributed by atoms with van der Waals surface area (Å²) in [6.45, 7) is 5.21. The zero-order valence-corrected chi connectivity index (χ0v) is 11.8. The molecule has 0 aliphatic carbocycles. The lowest BCUT2D eigenvalue weighted by Crippen LogP contribution is -2.39. The zero-order chi connectivity index (χ0) is 14.7. The quantitative estimate of drug-likeness (QED) is 0.779. The fourth-order valence-corrected chi connectivity index (χ4v) is 2.47. The second-order valence-corrected chi connectivity index (χ2v) is 5.13. The van der Waals surface area contributed by atoms with Gasteiger partial charge in [-0.2, -0.15) is 0 Å². The van der Waals surface area contributed by atoms with E-state index < -0.39 is 0 Å². The van der Waals surface area contributed by atoms with Crippen LogP contribution in [-0.2, 0) is 11.3 Å². The Bertz CT molecular complexity index is 593. The summed E-state index contributed by atoms with van der Waals surface area (Å²) in [5, 5.41) is 0. The van der Waals surface area contributed by atoms with Crippen LogP contribution in [0.4, 0.5) is 4.39 Å². The lowest BCUT2D eigenvalue weighted by atomic mass is 9.97. The van der Waals surface area contributed by atoms with Gasteiger partial charge in [-0.1, -0.05) is 0 Å². The van der Waals surface area contributed by atoms with Crippen LogP contribution in [0.2, 0.25) is 0 Å². The van der Waals surface area contributed by atoms with Gasteiger partial charge in [-0.15, -0.1) is 0 Å². The van der Waals surface area contributed by atoms with Gasteiger partial charge in [0.1, 0.15) is 13.7 Å². The van der Waals surface area contributed by atoms with Gasteiger partial charge in [-0.25, -0.2) is 9.37 Å². The monoisotopic (exact) mass is 285 g/mol. The zero-order valence-electron chi connectivity index (χ0n) is 11.8. The highest BCUT2D eigenvalue weighted by Crippen LogP contribution is 2.15. The summed E-state index contributed by atoms with van der Waals surface area (Å²) in [6.07, 6.45) is 1.74. The smallest absolute Gasteiger partial charge is 0.141 e. The first-order valence-electron chi connectivity index (χ1n) is 7.10. The van der Waals surface area contributed by atoms with E-state index in [1.54, 1.807) is 18.5 Å². The third kappa shape index (κ3) is 3.33. The predicted molar refractivity (Wildman–Crippen MR) is 80.3 cm³/mol. The lowest BCUT2D eigenvalue weighted by Gasteiger charge is -2.26. The van der Waals surface area contributed by atoms with Gasteiger partial charge in [-0.05, 0) is 29.9 Å². The van der Waals surface area contributed by atoms with Crippen molar-refractivity contribution in [3.63, 3.8) is 0 Å². The summed E-state index contributed by atoms with van der Waals surface area (Å²) >= 11 is 0. The van der Waals surface area contributed by atoms with Gasteiger partial charge in [0.25, 0.3) is 0 Å². The molecule has 108 valence electrons. The van der Waals surface area contributed by atoms with Crippen LogP contribution < -0.4 is 5.59 Å². The molecule has 1 aromatic carbocycles. The molecule has 2 heterocycles. The first-order chi connectivity index (χ1) is 10.2. The van der Waals surface area contributed by atoms with Crippen LogP contribution in [0.1, 0.15) is 0 Å². The van der Waals surface area contributed by atoms with Gasteiger partial charge in [0.2, 0.25) is 0 Å². The van der Waals surface area contributed by atoms with E-state index in [9.17, 15) is 4.39 Å². The first kappa shape index (κ1) is 14.3. The number of imidazole rings is 1. The Morgan fingerprint density at radius 3 is 2.57 bits per heavy atom. The Kier molecular flexibility index (Phi) is 4.36. The Balaban J connectivity index is 1.68. The van der Waals surface area contributed by atoms with Crippen molar-refractivity contribution in [3.8, 4) is 11.3 Å². The molecule has 0 unspecified atom stereocenters. The minimum atomic E-state index is -0.260. The SMILES string of the molecule is [B]c1c(-c2ccc(F)cc2)ncn1CCN1CCOCC1. The maximum absolute atomic E-state index is 13.0. The summed E-state index contributed by atoms with van der Waals surface area (Å²) in [5.74, 6) is -0.260. The average Bonchev–Trinajstić information content (AvgIpc) is 2.88. The second kappa shape index (κ2) is 6.41. The van der Waals surface area contributed by atoms with Crippen molar-refractivity contribution in [2.75, 3.05) is 32.8 Å². The van der Waals surface area contributed by atoms with E-state index in [1.807, 2.05) is 4.57 Å². The molecule has 0 saturated carbocycles. The van der Waals surface area contributed by atoms with Crippen LogP contribution >= 0.6 is 0 Å². The average molecular weight is 285 g/mol. The van der Waals surface area contributed by atoms with Crippen molar-refractivity contribution < 1.29 is 9.13 Å². The molecule has 1 aromatic heterocycles. The Morgan fingerprint density at radius 1 is 1.14 bits per heavy atom. The number of rotatable bonds is 4. The number of hydrogen-bond donors (Lipinski definition) is 0. The van der Waals surface area contributed by atoms with E-state index in [-0.39, 0.29) is 5.82 Å². The van der Waals surface area contributed by atoms with E-state index >= 15 is 0 Å². The summed E-state index contributed by atoms with van der Waals surface area (Å²) in [5.41, 5.74) is 2.16. The number of aromatic nitrogens is 2. The van der Waals surface area contributed by atoms with E-state index in [2.05, 4.69) is 9.88 Å². The molecule has 0 spiro atoms. The molecule has 1 saturated heterocycles. The minimum Gasteiger partial charge on any atom is -0.379 e. The number of halogens is 1. The Hall–Kier alpha value is -1.66. The molecule has 3 rings (SSSR count). The lowest BCUT2D eigenvalue weighted by molar-refractivity contribution is 0.0365. The fourth-order valence-electron chi connectivity index (χ4n) is 2.47. The fraction of sp³-hybridized carbons (Fsp3) is 0.400. The molecule has 1 aliphatic rings. The normalized spacial score (nSPS) is 16.2. The predicted octanol–water partition coefficient (Wildman–Crippen LogP) is 0.815. The first-order valence-corrected chi connectivity index (χ1v) is 7.10. The second-order valence-electron chi connectivity index (χ2n) is 5.13. The van der Waals surface area contributed by atoms with Gasteiger partial charge in [0.05, 0.1) is 25.2 Å². The molecular weight excluding hydrogens is 268 g/mol. The number of ether oxygens (including phenoxy) is 1. The molecule has 0 atom stereocenters. The van der Waals surface area contributed by atoms with E-state index in [0.717, 1.165) is 45.0 Å². The highest BCUT2D eigenvalue weighted by Gasteiger charge is 2.12. The number of morpholine rings is 1. The molecule has 0 amide bonds. The Labute approximate surface area is 125 Å². The van der Waals surface area contributed by atoms with Gasteiger partial charge in [0.15, 0.2) is 0 Å². The van der Waals surface area contributed by atoms with Gasteiger partial charge in [-0.3, -0.25) is 4.90 Å². The minimum absolute atomic E-state index is 0.260. The Morgan fingerprint density at radius 2 is 1.86 bits per heavy atom. The highest BCUT2D eigenvalue weighted by atomic mass is 19.1. The largest absolute Gasteiger partial charge is 0.379 e. The van der Waals surface area contributed by atoms with Crippen LogP contribution in [0.25, 0.3) is 11.3 Å². The summed E-state index contributed by atoms with van der Waals surface area (Å²) in [4.78, 5) is 6.70. The molecule has 1 fully saturated rings. The summed E-state index contributed by atoms with van der Waals surface area (Å²) in [7, 11) is 6.15.